The minimum absolute atomic E-state index is 0.295. The number of hydrogen-bond acceptors (Lipinski definition) is 3. The van der Waals surface area contributed by atoms with Gasteiger partial charge in [0.1, 0.15) is 0 Å². The van der Waals surface area contributed by atoms with Gasteiger partial charge in [0.15, 0.2) is 0 Å². The first kappa shape index (κ1) is 13.7. The van der Waals surface area contributed by atoms with Gasteiger partial charge in [0.2, 0.25) is 0 Å². The SMILES string of the molecule is CCC1CNC(C)(C)CN1C1CCC(SC)C1. The van der Waals surface area contributed by atoms with Crippen molar-refractivity contribution in [2.75, 3.05) is 19.3 Å². The van der Waals surface area contributed by atoms with E-state index in [0.29, 0.717) is 5.54 Å². The van der Waals surface area contributed by atoms with E-state index in [9.17, 15) is 0 Å². The van der Waals surface area contributed by atoms with Gasteiger partial charge in [-0.2, -0.15) is 11.8 Å². The summed E-state index contributed by atoms with van der Waals surface area (Å²) in [6.45, 7) is 9.40. The largest absolute Gasteiger partial charge is 0.309 e. The van der Waals surface area contributed by atoms with Gasteiger partial charge in [0.05, 0.1) is 0 Å². The van der Waals surface area contributed by atoms with Gasteiger partial charge >= 0.3 is 0 Å². The molecular formula is C14H28N2S. The highest BCUT2D eigenvalue weighted by Gasteiger charge is 2.38. The van der Waals surface area contributed by atoms with Crippen LogP contribution in [0.2, 0.25) is 0 Å². The number of thioether (sulfide) groups is 1. The lowest BCUT2D eigenvalue weighted by molar-refractivity contribution is 0.0542. The van der Waals surface area contributed by atoms with Crippen molar-refractivity contribution in [3.8, 4) is 0 Å². The predicted molar refractivity (Wildman–Crippen MR) is 77.8 cm³/mol. The Bertz CT molecular complexity index is 255. The molecule has 0 radical (unpaired) electrons. The molecule has 1 heterocycles. The molecule has 17 heavy (non-hydrogen) atoms. The average Bonchev–Trinajstić information content (AvgIpc) is 2.76. The molecule has 3 unspecified atom stereocenters. The monoisotopic (exact) mass is 256 g/mol. The van der Waals surface area contributed by atoms with Crippen LogP contribution in [-0.2, 0) is 0 Å². The summed E-state index contributed by atoms with van der Waals surface area (Å²) in [7, 11) is 0. The third-order valence-corrected chi connectivity index (χ3v) is 5.59. The summed E-state index contributed by atoms with van der Waals surface area (Å²) in [5, 5.41) is 4.60. The van der Waals surface area contributed by atoms with E-state index in [0.717, 1.165) is 17.3 Å². The first-order chi connectivity index (χ1) is 8.05. The Hall–Kier alpha value is 0.270. The maximum Gasteiger partial charge on any atom is 0.0253 e. The maximum atomic E-state index is 3.69. The summed E-state index contributed by atoms with van der Waals surface area (Å²) >= 11 is 2.07. The molecule has 0 aromatic rings. The molecule has 2 fully saturated rings. The summed E-state index contributed by atoms with van der Waals surface area (Å²) in [5.41, 5.74) is 0.295. The zero-order chi connectivity index (χ0) is 12.5. The van der Waals surface area contributed by atoms with Crippen molar-refractivity contribution in [3.05, 3.63) is 0 Å². The summed E-state index contributed by atoms with van der Waals surface area (Å²) in [6.07, 6.45) is 7.80. The first-order valence-electron chi connectivity index (χ1n) is 7.09. The quantitative estimate of drug-likeness (QED) is 0.836. The Morgan fingerprint density at radius 2 is 2.12 bits per heavy atom. The fourth-order valence-electron chi connectivity index (χ4n) is 3.39. The fraction of sp³-hybridized carbons (Fsp3) is 1.00. The third kappa shape index (κ3) is 3.18. The maximum absolute atomic E-state index is 3.69. The second-order valence-electron chi connectivity index (χ2n) is 6.32. The molecule has 0 aromatic carbocycles. The molecule has 100 valence electrons. The van der Waals surface area contributed by atoms with E-state index in [1.54, 1.807) is 0 Å². The van der Waals surface area contributed by atoms with E-state index >= 15 is 0 Å². The molecule has 1 aliphatic carbocycles. The van der Waals surface area contributed by atoms with Gasteiger partial charge in [-0.3, -0.25) is 4.90 Å². The molecule has 0 aromatic heterocycles. The molecule has 1 saturated heterocycles. The highest BCUT2D eigenvalue weighted by atomic mass is 32.2. The van der Waals surface area contributed by atoms with Crippen molar-refractivity contribution in [2.45, 2.75) is 69.3 Å². The molecule has 1 saturated carbocycles. The van der Waals surface area contributed by atoms with Crippen molar-refractivity contribution >= 4 is 11.8 Å². The van der Waals surface area contributed by atoms with Gasteiger partial charge in [-0.1, -0.05) is 6.92 Å². The van der Waals surface area contributed by atoms with Gasteiger partial charge in [0.25, 0.3) is 0 Å². The highest BCUT2D eigenvalue weighted by Crippen LogP contribution is 2.34. The standard InChI is InChI=1S/C14H28N2S/c1-5-11-9-15-14(2,3)10-16(11)12-6-7-13(8-12)17-4/h11-13,15H,5-10H2,1-4H3. The Labute approximate surface area is 111 Å². The first-order valence-corrected chi connectivity index (χ1v) is 8.38. The van der Waals surface area contributed by atoms with Crippen molar-refractivity contribution in [3.63, 3.8) is 0 Å². The lowest BCUT2D eigenvalue weighted by Crippen LogP contribution is -2.63. The third-order valence-electron chi connectivity index (χ3n) is 4.49. The minimum atomic E-state index is 0.295. The number of nitrogens with one attached hydrogen (secondary N) is 1. The van der Waals surface area contributed by atoms with Crippen molar-refractivity contribution in [1.29, 1.82) is 0 Å². The fourth-order valence-corrected chi connectivity index (χ4v) is 4.18. The van der Waals surface area contributed by atoms with Gasteiger partial charge in [-0.25, -0.2) is 0 Å². The normalized spacial score (nSPS) is 38.5. The zero-order valence-corrected chi connectivity index (χ0v) is 12.6. The summed E-state index contributed by atoms with van der Waals surface area (Å²) in [6, 6.07) is 1.60. The van der Waals surface area contributed by atoms with Gasteiger partial charge in [-0.05, 0) is 45.8 Å². The van der Waals surface area contributed by atoms with Crippen LogP contribution in [0.4, 0.5) is 0 Å². The smallest absolute Gasteiger partial charge is 0.0253 e. The van der Waals surface area contributed by atoms with E-state index in [-0.39, 0.29) is 0 Å². The van der Waals surface area contributed by atoms with Gasteiger partial charge in [-0.15, -0.1) is 0 Å². The topological polar surface area (TPSA) is 15.3 Å². The van der Waals surface area contributed by atoms with E-state index in [2.05, 4.69) is 49.0 Å². The highest BCUT2D eigenvalue weighted by molar-refractivity contribution is 7.99. The van der Waals surface area contributed by atoms with Crippen molar-refractivity contribution in [2.24, 2.45) is 0 Å². The van der Waals surface area contributed by atoms with Crippen LogP contribution in [0.3, 0.4) is 0 Å². The molecule has 3 heteroatoms. The zero-order valence-electron chi connectivity index (χ0n) is 11.8. The Kier molecular flexibility index (Phi) is 4.43. The van der Waals surface area contributed by atoms with Gasteiger partial charge in [0, 0.05) is 36.0 Å². The molecule has 0 bridgehead atoms. The number of rotatable bonds is 3. The molecule has 1 aliphatic heterocycles. The minimum Gasteiger partial charge on any atom is -0.309 e. The molecular weight excluding hydrogens is 228 g/mol. The van der Waals surface area contributed by atoms with Crippen LogP contribution in [0.25, 0.3) is 0 Å². The van der Waals surface area contributed by atoms with Crippen LogP contribution in [0.1, 0.15) is 46.5 Å². The molecule has 3 atom stereocenters. The predicted octanol–water partition coefficient (Wildman–Crippen LogP) is 2.73. The van der Waals surface area contributed by atoms with Crippen LogP contribution >= 0.6 is 11.8 Å². The van der Waals surface area contributed by atoms with Crippen LogP contribution in [-0.4, -0.2) is 47.1 Å². The van der Waals surface area contributed by atoms with E-state index in [1.165, 1.54) is 38.8 Å². The summed E-state index contributed by atoms with van der Waals surface area (Å²) in [5.74, 6) is 0. The van der Waals surface area contributed by atoms with Crippen LogP contribution in [0.5, 0.6) is 0 Å². The second-order valence-corrected chi connectivity index (χ2v) is 7.46. The second kappa shape index (κ2) is 5.50. The van der Waals surface area contributed by atoms with E-state index in [1.807, 2.05) is 0 Å². The average molecular weight is 256 g/mol. The van der Waals surface area contributed by atoms with E-state index in [4.69, 9.17) is 0 Å². The number of hydrogen-bond donors (Lipinski definition) is 1. The van der Waals surface area contributed by atoms with E-state index < -0.39 is 0 Å². The summed E-state index contributed by atoms with van der Waals surface area (Å²) < 4.78 is 0. The molecule has 2 aliphatic rings. The lowest BCUT2D eigenvalue weighted by atomic mass is 9.95. The van der Waals surface area contributed by atoms with Crippen LogP contribution in [0, 0.1) is 0 Å². The number of nitrogens with zero attached hydrogens (tertiary/aromatic N) is 1. The lowest BCUT2D eigenvalue weighted by Gasteiger charge is -2.47. The molecule has 0 amide bonds. The number of piperazine rings is 1. The Morgan fingerprint density at radius 3 is 2.71 bits per heavy atom. The Balaban J connectivity index is 2.00. The Morgan fingerprint density at radius 1 is 1.35 bits per heavy atom. The molecule has 1 N–H and O–H groups in total. The molecule has 2 rings (SSSR count). The van der Waals surface area contributed by atoms with Crippen LogP contribution < -0.4 is 5.32 Å². The van der Waals surface area contributed by atoms with Gasteiger partial charge < -0.3 is 5.32 Å². The molecule has 0 spiro atoms. The molecule has 2 nitrogen and oxygen atoms in total. The van der Waals surface area contributed by atoms with Crippen LogP contribution in [0.15, 0.2) is 0 Å². The van der Waals surface area contributed by atoms with Crippen molar-refractivity contribution in [1.82, 2.24) is 10.2 Å². The van der Waals surface area contributed by atoms with Crippen molar-refractivity contribution < 1.29 is 0 Å². The summed E-state index contributed by atoms with van der Waals surface area (Å²) in [4.78, 5) is 2.81.